The van der Waals surface area contributed by atoms with Gasteiger partial charge in [-0.1, -0.05) is 19.9 Å². The number of nitrogens with two attached hydrogens (primary N) is 1. The highest BCUT2D eigenvalue weighted by Crippen LogP contribution is 2.21. The van der Waals surface area contributed by atoms with Gasteiger partial charge in [0.1, 0.15) is 12.4 Å². The zero-order chi connectivity index (χ0) is 18.3. The van der Waals surface area contributed by atoms with Gasteiger partial charge >= 0.3 is 0 Å². The Balaban J connectivity index is 0.00000139. The second kappa shape index (κ2) is 8.96. The summed E-state index contributed by atoms with van der Waals surface area (Å²) in [5.41, 5.74) is 7.66. The number of hydrogen-bond acceptors (Lipinski definition) is 4. The number of carbonyl (C=O) groups excluding carboxylic acids is 1. The Morgan fingerprint density at radius 1 is 1.38 bits per heavy atom. The predicted molar refractivity (Wildman–Crippen MR) is 94.4 cm³/mol. The maximum Gasteiger partial charge on any atom is 0.258 e. The van der Waals surface area contributed by atoms with Crippen molar-refractivity contribution in [3.63, 3.8) is 0 Å². The molecule has 0 radical (unpaired) electrons. The van der Waals surface area contributed by atoms with E-state index in [1.807, 2.05) is 20.8 Å². The molecule has 0 bridgehead atoms. The van der Waals surface area contributed by atoms with Gasteiger partial charge in [-0.3, -0.25) is 9.69 Å². The number of anilines is 1. The minimum absolute atomic E-state index is 0.216. The Bertz CT molecular complexity index is 654. The highest BCUT2D eigenvalue weighted by molar-refractivity contribution is 5.95. The number of allylic oxidation sites excluding steroid dienone is 1. The van der Waals surface area contributed by atoms with Crippen LogP contribution in [0.5, 0.6) is 0 Å². The average Bonchev–Trinajstić information content (AvgIpc) is 3.06. The van der Waals surface area contributed by atoms with Crippen molar-refractivity contribution in [2.75, 3.05) is 18.5 Å². The van der Waals surface area contributed by atoms with E-state index >= 15 is 0 Å². The SMILES string of the molecule is C/C(Nc1ccc(C)cc1F)=C(/C)C(=O)N1CCO/C1=C\N.CC. The van der Waals surface area contributed by atoms with Crippen molar-refractivity contribution < 1.29 is 13.9 Å². The molecule has 1 fully saturated rings. The lowest BCUT2D eigenvalue weighted by molar-refractivity contribution is -0.125. The summed E-state index contributed by atoms with van der Waals surface area (Å²) in [6, 6.07) is 4.89. The zero-order valence-electron chi connectivity index (χ0n) is 14.9. The lowest BCUT2D eigenvalue weighted by atomic mass is 10.2. The van der Waals surface area contributed by atoms with E-state index in [0.29, 0.717) is 36.0 Å². The Hall–Kier alpha value is -2.50. The second-order valence-electron chi connectivity index (χ2n) is 5.17. The molecule has 1 amide bonds. The molecule has 1 heterocycles. The van der Waals surface area contributed by atoms with Gasteiger partial charge in [-0.05, 0) is 38.5 Å². The van der Waals surface area contributed by atoms with Gasteiger partial charge in [-0.2, -0.15) is 0 Å². The number of benzene rings is 1. The summed E-state index contributed by atoms with van der Waals surface area (Å²) in [6.45, 7) is 10.1. The molecule has 1 aliphatic heterocycles. The van der Waals surface area contributed by atoms with Crippen molar-refractivity contribution >= 4 is 11.6 Å². The molecule has 0 saturated carbocycles. The van der Waals surface area contributed by atoms with Crippen molar-refractivity contribution in [3.8, 4) is 0 Å². The highest BCUT2D eigenvalue weighted by atomic mass is 19.1. The number of halogens is 1. The van der Waals surface area contributed by atoms with Crippen LogP contribution >= 0.6 is 0 Å². The fourth-order valence-electron chi connectivity index (χ4n) is 2.15. The topological polar surface area (TPSA) is 67.6 Å². The van der Waals surface area contributed by atoms with Gasteiger partial charge in [-0.15, -0.1) is 0 Å². The van der Waals surface area contributed by atoms with Crippen LogP contribution < -0.4 is 11.1 Å². The van der Waals surface area contributed by atoms with Crippen LogP contribution in [0, 0.1) is 12.7 Å². The fraction of sp³-hybridized carbons (Fsp3) is 0.389. The standard InChI is InChI=1S/C16H20FN3O2.C2H6/c1-10-4-5-14(13(17)8-10)19-12(3)11(2)16(21)20-6-7-22-15(20)9-18;1-2/h4-5,8-9,19H,6-7,18H2,1-3H3;1-2H3/b12-11+,15-9-;. The Morgan fingerprint density at radius 2 is 2.04 bits per heavy atom. The molecule has 2 rings (SSSR count). The minimum atomic E-state index is -0.355. The van der Waals surface area contributed by atoms with E-state index < -0.39 is 0 Å². The van der Waals surface area contributed by atoms with Crippen LogP contribution in [-0.4, -0.2) is 24.0 Å². The number of carbonyl (C=O) groups is 1. The van der Waals surface area contributed by atoms with E-state index in [2.05, 4.69) is 5.32 Å². The summed E-state index contributed by atoms with van der Waals surface area (Å²) >= 11 is 0. The van der Waals surface area contributed by atoms with Gasteiger partial charge in [0.25, 0.3) is 5.91 Å². The molecule has 0 aliphatic carbocycles. The first-order valence-corrected chi connectivity index (χ1v) is 8.01. The summed E-state index contributed by atoms with van der Waals surface area (Å²) in [4.78, 5) is 13.9. The smallest absolute Gasteiger partial charge is 0.258 e. The van der Waals surface area contributed by atoms with Crippen LogP contribution in [0.4, 0.5) is 10.1 Å². The maximum absolute atomic E-state index is 13.9. The molecule has 1 aromatic carbocycles. The first-order chi connectivity index (χ1) is 11.4. The number of amides is 1. The van der Waals surface area contributed by atoms with E-state index in [0.717, 1.165) is 5.56 Å². The van der Waals surface area contributed by atoms with Crippen LogP contribution in [0.1, 0.15) is 33.3 Å². The molecule has 132 valence electrons. The van der Waals surface area contributed by atoms with Crippen LogP contribution in [0.3, 0.4) is 0 Å². The first kappa shape index (κ1) is 19.5. The summed E-state index contributed by atoms with van der Waals surface area (Å²) in [5.74, 6) is -0.225. The average molecular weight is 335 g/mol. The third kappa shape index (κ3) is 4.50. The fourth-order valence-corrected chi connectivity index (χ4v) is 2.15. The third-order valence-corrected chi connectivity index (χ3v) is 3.55. The Kier molecular flexibility index (Phi) is 7.30. The molecular formula is C18H26FN3O2. The molecule has 5 nitrogen and oxygen atoms in total. The van der Waals surface area contributed by atoms with Gasteiger partial charge in [0.05, 0.1) is 18.4 Å². The molecule has 3 N–H and O–H groups in total. The molecule has 0 atom stereocenters. The van der Waals surface area contributed by atoms with E-state index in [1.165, 1.54) is 17.2 Å². The maximum atomic E-state index is 13.9. The molecule has 1 saturated heterocycles. The van der Waals surface area contributed by atoms with Gasteiger partial charge < -0.3 is 15.8 Å². The summed E-state index contributed by atoms with van der Waals surface area (Å²) in [6.07, 6.45) is 1.26. The largest absolute Gasteiger partial charge is 0.476 e. The second-order valence-corrected chi connectivity index (χ2v) is 5.17. The molecule has 0 aromatic heterocycles. The van der Waals surface area contributed by atoms with Crippen LogP contribution in [-0.2, 0) is 9.53 Å². The number of nitrogens with one attached hydrogen (secondary N) is 1. The Labute approximate surface area is 143 Å². The molecular weight excluding hydrogens is 309 g/mol. The van der Waals surface area contributed by atoms with Crippen molar-refractivity contribution in [2.24, 2.45) is 5.73 Å². The van der Waals surface area contributed by atoms with Gasteiger partial charge in [0.2, 0.25) is 5.88 Å². The third-order valence-electron chi connectivity index (χ3n) is 3.55. The number of aryl methyl sites for hydroxylation is 1. The van der Waals surface area contributed by atoms with Crippen molar-refractivity contribution in [2.45, 2.75) is 34.6 Å². The molecule has 6 heteroatoms. The van der Waals surface area contributed by atoms with Gasteiger partial charge in [0.15, 0.2) is 0 Å². The van der Waals surface area contributed by atoms with E-state index in [9.17, 15) is 9.18 Å². The zero-order valence-corrected chi connectivity index (χ0v) is 14.9. The quantitative estimate of drug-likeness (QED) is 0.830. The van der Waals surface area contributed by atoms with E-state index in [4.69, 9.17) is 10.5 Å². The van der Waals surface area contributed by atoms with Crippen LogP contribution in [0.15, 0.2) is 41.6 Å². The molecule has 0 unspecified atom stereocenters. The van der Waals surface area contributed by atoms with Crippen molar-refractivity contribution in [3.05, 3.63) is 52.9 Å². The summed E-state index contributed by atoms with van der Waals surface area (Å²) in [7, 11) is 0. The number of hydrogen-bond donors (Lipinski definition) is 2. The Morgan fingerprint density at radius 3 is 2.62 bits per heavy atom. The normalized spacial score (nSPS) is 16.1. The van der Waals surface area contributed by atoms with Crippen molar-refractivity contribution in [1.82, 2.24) is 4.90 Å². The molecule has 1 aromatic rings. The lowest BCUT2D eigenvalue weighted by Gasteiger charge is -2.17. The molecule has 24 heavy (non-hydrogen) atoms. The van der Waals surface area contributed by atoms with Crippen molar-refractivity contribution in [1.29, 1.82) is 0 Å². The molecule has 0 spiro atoms. The lowest BCUT2D eigenvalue weighted by Crippen LogP contribution is -2.29. The number of rotatable bonds is 3. The summed E-state index contributed by atoms with van der Waals surface area (Å²) < 4.78 is 19.1. The van der Waals surface area contributed by atoms with Gasteiger partial charge in [-0.25, -0.2) is 4.39 Å². The van der Waals surface area contributed by atoms with E-state index in [-0.39, 0.29) is 11.7 Å². The number of nitrogens with zero attached hydrogens (tertiary/aromatic N) is 1. The first-order valence-electron chi connectivity index (χ1n) is 8.01. The molecule has 1 aliphatic rings. The van der Waals surface area contributed by atoms with Crippen LogP contribution in [0.2, 0.25) is 0 Å². The number of ether oxygens (including phenoxy) is 1. The van der Waals surface area contributed by atoms with Crippen LogP contribution in [0.25, 0.3) is 0 Å². The van der Waals surface area contributed by atoms with E-state index in [1.54, 1.807) is 26.0 Å². The predicted octanol–water partition coefficient (Wildman–Crippen LogP) is 3.48. The summed E-state index contributed by atoms with van der Waals surface area (Å²) in [5, 5.41) is 2.94. The van der Waals surface area contributed by atoms with Gasteiger partial charge in [0, 0.05) is 11.3 Å². The highest BCUT2D eigenvalue weighted by Gasteiger charge is 2.26. The minimum Gasteiger partial charge on any atom is -0.476 e. The monoisotopic (exact) mass is 335 g/mol.